The molecule has 3 rings (SSSR count). The molecule has 0 fully saturated rings. The van der Waals surface area contributed by atoms with Gasteiger partial charge in [-0.1, -0.05) is 42.5 Å². The summed E-state index contributed by atoms with van der Waals surface area (Å²) in [6.07, 6.45) is 0. The number of hydrogen-bond acceptors (Lipinski definition) is 4. The van der Waals surface area contributed by atoms with E-state index in [-0.39, 0.29) is 19.0 Å². The zero-order valence-corrected chi connectivity index (χ0v) is 21.0. The van der Waals surface area contributed by atoms with Gasteiger partial charge in [0.25, 0.3) is 0 Å². The molecule has 0 aliphatic carbocycles. The maximum Gasteiger partial charge on any atom is 0.319 e. The molecular weight excluding hydrogens is 472 g/mol. The van der Waals surface area contributed by atoms with Gasteiger partial charge in [0, 0.05) is 24.1 Å². The number of hydrogen-bond donors (Lipinski definition) is 3. The number of aliphatic carboxylic acids is 1. The van der Waals surface area contributed by atoms with Crippen LogP contribution in [0.4, 0.5) is 21.9 Å². The number of aryl methyl sites for hydroxylation is 1. The van der Waals surface area contributed by atoms with Crippen LogP contribution in [0, 0.1) is 6.92 Å². The minimum absolute atomic E-state index is 0.216. The van der Waals surface area contributed by atoms with Crippen LogP contribution in [-0.4, -0.2) is 49.1 Å². The van der Waals surface area contributed by atoms with Crippen molar-refractivity contribution < 1.29 is 24.3 Å². The van der Waals surface area contributed by atoms with Crippen molar-refractivity contribution in [2.75, 3.05) is 35.3 Å². The van der Waals surface area contributed by atoms with Gasteiger partial charge in [-0.3, -0.25) is 14.4 Å². The fourth-order valence-electron chi connectivity index (χ4n) is 3.61. The van der Waals surface area contributed by atoms with Crippen LogP contribution in [0.3, 0.4) is 0 Å². The van der Waals surface area contributed by atoms with Crippen molar-refractivity contribution in [3.8, 4) is 0 Å². The first-order valence-corrected chi connectivity index (χ1v) is 11.7. The standard InChI is InChI=1S/C28H30N4O5/c1-19-9-7-14-24(15-19)32(18-26(34)31(3)23-12-5-4-6-13-23)25(33)17-29-28(37)30-22-11-8-10-21(16-22)20(2)27(35)36/h4-16,20H,17-18H2,1-3H3,(H,35,36)(H2,29,30,37). The predicted molar refractivity (Wildman–Crippen MR) is 143 cm³/mol. The summed E-state index contributed by atoms with van der Waals surface area (Å²) < 4.78 is 0. The number of carboxylic acid groups (broad SMARTS) is 1. The van der Waals surface area contributed by atoms with Crippen molar-refractivity contribution in [2.45, 2.75) is 19.8 Å². The van der Waals surface area contributed by atoms with Crippen LogP contribution < -0.4 is 20.4 Å². The minimum Gasteiger partial charge on any atom is -0.481 e. The molecule has 4 amide bonds. The smallest absolute Gasteiger partial charge is 0.319 e. The molecule has 0 saturated heterocycles. The number of nitrogens with zero attached hydrogens (tertiary/aromatic N) is 2. The monoisotopic (exact) mass is 502 g/mol. The lowest BCUT2D eigenvalue weighted by Crippen LogP contribution is -2.46. The molecular formula is C28H30N4O5. The molecule has 3 aromatic carbocycles. The number of anilines is 3. The van der Waals surface area contributed by atoms with Gasteiger partial charge in [0.15, 0.2) is 0 Å². The van der Waals surface area contributed by atoms with Gasteiger partial charge in [-0.25, -0.2) is 4.79 Å². The number of benzene rings is 3. The van der Waals surface area contributed by atoms with Crippen LogP contribution in [0.2, 0.25) is 0 Å². The van der Waals surface area contributed by atoms with E-state index in [0.717, 1.165) is 5.56 Å². The molecule has 192 valence electrons. The second-order valence-corrected chi connectivity index (χ2v) is 8.60. The van der Waals surface area contributed by atoms with E-state index >= 15 is 0 Å². The summed E-state index contributed by atoms with van der Waals surface area (Å²) >= 11 is 0. The van der Waals surface area contributed by atoms with Gasteiger partial charge < -0.3 is 25.5 Å². The van der Waals surface area contributed by atoms with Crippen molar-refractivity contribution in [2.24, 2.45) is 0 Å². The fourth-order valence-corrected chi connectivity index (χ4v) is 3.61. The Morgan fingerprint density at radius 1 is 0.865 bits per heavy atom. The SMILES string of the molecule is Cc1cccc(N(CC(=O)N(C)c2ccccc2)C(=O)CNC(=O)Nc2cccc(C(C)C(=O)O)c2)c1. The van der Waals surface area contributed by atoms with Crippen molar-refractivity contribution in [1.82, 2.24) is 5.32 Å². The van der Waals surface area contributed by atoms with Gasteiger partial charge in [-0.05, 0) is 61.4 Å². The highest BCUT2D eigenvalue weighted by Gasteiger charge is 2.22. The van der Waals surface area contributed by atoms with Crippen LogP contribution in [0.25, 0.3) is 0 Å². The first-order valence-electron chi connectivity index (χ1n) is 11.7. The molecule has 37 heavy (non-hydrogen) atoms. The number of rotatable bonds is 9. The number of amides is 4. The normalized spacial score (nSPS) is 11.2. The Kier molecular flexibility index (Phi) is 8.99. The minimum atomic E-state index is -0.976. The molecule has 3 N–H and O–H groups in total. The summed E-state index contributed by atoms with van der Waals surface area (Å²) in [5.74, 6) is -2.48. The fraction of sp³-hybridized carbons (Fsp3) is 0.214. The number of nitrogens with one attached hydrogen (secondary N) is 2. The summed E-state index contributed by atoms with van der Waals surface area (Å²) in [5.41, 5.74) is 3.08. The Bertz CT molecular complexity index is 1280. The Hall–Kier alpha value is -4.66. The van der Waals surface area contributed by atoms with E-state index in [1.807, 2.05) is 31.2 Å². The van der Waals surface area contributed by atoms with E-state index < -0.39 is 23.8 Å². The van der Waals surface area contributed by atoms with Gasteiger partial charge in [-0.2, -0.15) is 0 Å². The Labute approximate surface area is 215 Å². The summed E-state index contributed by atoms with van der Waals surface area (Å²) in [5, 5.41) is 14.3. The average Bonchev–Trinajstić information content (AvgIpc) is 2.89. The number of para-hydroxylation sites is 1. The third kappa shape index (κ3) is 7.41. The van der Waals surface area contributed by atoms with Crippen LogP contribution in [-0.2, 0) is 14.4 Å². The quantitative estimate of drug-likeness (QED) is 0.409. The number of likely N-dealkylation sites (N-methyl/N-ethyl adjacent to an activating group) is 1. The molecule has 1 atom stereocenters. The third-order valence-corrected chi connectivity index (χ3v) is 5.84. The second kappa shape index (κ2) is 12.3. The van der Waals surface area contributed by atoms with Crippen LogP contribution in [0.5, 0.6) is 0 Å². The highest BCUT2D eigenvalue weighted by molar-refractivity contribution is 6.05. The molecule has 0 aliphatic heterocycles. The Morgan fingerprint density at radius 2 is 1.54 bits per heavy atom. The third-order valence-electron chi connectivity index (χ3n) is 5.84. The van der Waals surface area contributed by atoms with Gasteiger partial charge in [0.05, 0.1) is 12.5 Å². The lowest BCUT2D eigenvalue weighted by atomic mass is 10.0. The Morgan fingerprint density at radius 3 is 2.22 bits per heavy atom. The highest BCUT2D eigenvalue weighted by atomic mass is 16.4. The molecule has 0 radical (unpaired) electrons. The van der Waals surface area contributed by atoms with Crippen molar-refractivity contribution >= 4 is 40.9 Å². The molecule has 0 bridgehead atoms. The van der Waals surface area contributed by atoms with E-state index in [9.17, 15) is 24.3 Å². The van der Waals surface area contributed by atoms with E-state index in [0.29, 0.717) is 22.6 Å². The number of urea groups is 1. The maximum atomic E-state index is 13.2. The van der Waals surface area contributed by atoms with Crippen LogP contribution in [0.15, 0.2) is 78.9 Å². The van der Waals surface area contributed by atoms with Crippen molar-refractivity contribution in [3.63, 3.8) is 0 Å². The molecule has 0 aliphatic rings. The number of carbonyl (C=O) groups excluding carboxylic acids is 3. The van der Waals surface area contributed by atoms with E-state index in [2.05, 4.69) is 10.6 Å². The van der Waals surface area contributed by atoms with Gasteiger partial charge in [0.2, 0.25) is 11.8 Å². The zero-order valence-electron chi connectivity index (χ0n) is 21.0. The predicted octanol–water partition coefficient (Wildman–Crippen LogP) is 4.00. The molecule has 3 aromatic rings. The molecule has 0 aromatic heterocycles. The molecule has 9 nitrogen and oxygen atoms in total. The first-order chi connectivity index (χ1) is 17.7. The maximum absolute atomic E-state index is 13.2. The Balaban J connectivity index is 1.69. The summed E-state index contributed by atoms with van der Waals surface area (Å²) in [6, 6.07) is 22.2. The molecule has 0 saturated carbocycles. The number of carbonyl (C=O) groups is 4. The van der Waals surface area contributed by atoms with Crippen LogP contribution in [0.1, 0.15) is 24.0 Å². The largest absolute Gasteiger partial charge is 0.481 e. The lowest BCUT2D eigenvalue weighted by Gasteiger charge is -2.26. The molecule has 0 spiro atoms. The zero-order chi connectivity index (χ0) is 26.9. The highest BCUT2D eigenvalue weighted by Crippen LogP contribution is 2.20. The first kappa shape index (κ1) is 26.9. The van der Waals surface area contributed by atoms with Gasteiger partial charge in [-0.15, -0.1) is 0 Å². The topological polar surface area (TPSA) is 119 Å². The van der Waals surface area contributed by atoms with Crippen LogP contribution >= 0.6 is 0 Å². The van der Waals surface area contributed by atoms with Crippen molar-refractivity contribution in [3.05, 3.63) is 90.0 Å². The molecule has 1 unspecified atom stereocenters. The average molecular weight is 503 g/mol. The second-order valence-electron chi connectivity index (χ2n) is 8.60. The van der Waals surface area contributed by atoms with E-state index in [1.165, 1.54) is 9.80 Å². The summed E-state index contributed by atoms with van der Waals surface area (Å²) in [7, 11) is 1.64. The van der Waals surface area contributed by atoms with E-state index in [4.69, 9.17) is 0 Å². The summed E-state index contributed by atoms with van der Waals surface area (Å²) in [4.78, 5) is 52.7. The van der Waals surface area contributed by atoms with E-state index in [1.54, 1.807) is 68.6 Å². The summed E-state index contributed by atoms with van der Waals surface area (Å²) in [6.45, 7) is 2.87. The van der Waals surface area contributed by atoms with Gasteiger partial charge >= 0.3 is 12.0 Å². The lowest BCUT2D eigenvalue weighted by molar-refractivity contribution is -0.138. The molecule has 0 heterocycles. The van der Waals surface area contributed by atoms with Gasteiger partial charge in [0.1, 0.15) is 6.54 Å². The molecule has 9 heteroatoms. The number of carboxylic acids is 1. The van der Waals surface area contributed by atoms with Crippen molar-refractivity contribution in [1.29, 1.82) is 0 Å².